The van der Waals surface area contributed by atoms with Crippen LogP contribution in [0.1, 0.15) is 31.1 Å². The second-order valence-corrected chi connectivity index (χ2v) is 5.68. The summed E-state index contributed by atoms with van der Waals surface area (Å²) >= 11 is 0. The Morgan fingerprint density at radius 3 is 2.52 bits per heavy atom. The molecular weight excluding hydrogens is 292 g/mol. The van der Waals surface area contributed by atoms with Crippen molar-refractivity contribution in [2.45, 2.75) is 39.2 Å². The summed E-state index contributed by atoms with van der Waals surface area (Å²) in [4.78, 5) is 23.7. The molecule has 2 amide bonds. The van der Waals surface area contributed by atoms with E-state index in [1.807, 2.05) is 50.2 Å². The second kappa shape index (κ2) is 8.17. The van der Waals surface area contributed by atoms with E-state index in [0.29, 0.717) is 5.69 Å². The highest BCUT2D eigenvalue weighted by molar-refractivity contribution is 6.03. The van der Waals surface area contributed by atoms with E-state index in [2.05, 4.69) is 10.6 Å². The minimum atomic E-state index is -0.315. The lowest BCUT2D eigenvalue weighted by molar-refractivity contribution is -0.127. The van der Waals surface area contributed by atoms with Crippen molar-refractivity contribution in [2.24, 2.45) is 0 Å². The molecule has 0 saturated carbocycles. The molecule has 0 aliphatic rings. The average molecular weight is 314 g/mol. The van der Waals surface area contributed by atoms with E-state index in [-0.39, 0.29) is 24.3 Å². The maximum atomic E-state index is 11.9. The molecule has 5 nitrogen and oxygen atoms in total. The van der Waals surface area contributed by atoms with E-state index in [9.17, 15) is 9.59 Å². The number of nitrogens with one attached hydrogen (secondary N) is 2. The van der Waals surface area contributed by atoms with Gasteiger partial charge in [0.15, 0.2) is 0 Å². The fourth-order valence-corrected chi connectivity index (χ4v) is 2.20. The van der Waals surface area contributed by atoms with Gasteiger partial charge in [0, 0.05) is 18.2 Å². The minimum absolute atomic E-state index is 0.0141. The Bertz CT molecular complexity index is 633. The van der Waals surface area contributed by atoms with Gasteiger partial charge in [-0.2, -0.15) is 0 Å². The third kappa shape index (κ3) is 5.98. The quantitative estimate of drug-likeness (QED) is 0.772. The highest BCUT2D eigenvalue weighted by atomic mass is 16.3. The van der Waals surface area contributed by atoms with E-state index in [1.165, 1.54) is 0 Å². The number of rotatable bonds is 7. The number of aryl methyl sites for hydroxylation is 2. The number of carbonyl (C=O) groups is 2. The molecule has 0 radical (unpaired) electrons. The first-order chi connectivity index (χ1) is 11.0. The summed E-state index contributed by atoms with van der Waals surface area (Å²) in [5.74, 6) is 0.300. The normalized spacial score (nSPS) is 11.7. The van der Waals surface area contributed by atoms with Crippen LogP contribution < -0.4 is 10.6 Å². The van der Waals surface area contributed by atoms with Gasteiger partial charge in [0.1, 0.15) is 12.2 Å². The zero-order chi connectivity index (χ0) is 16.7. The number of benzene rings is 1. The Hall–Kier alpha value is -2.56. The molecule has 23 heavy (non-hydrogen) atoms. The number of hydrogen-bond acceptors (Lipinski definition) is 3. The van der Waals surface area contributed by atoms with Gasteiger partial charge in [0.05, 0.1) is 6.26 Å². The predicted octanol–water partition coefficient (Wildman–Crippen LogP) is 3.05. The third-order valence-corrected chi connectivity index (χ3v) is 3.47. The molecule has 122 valence electrons. The number of hydrogen-bond donors (Lipinski definition) is 2. The molecule has 2 aromatic rings. The van der Waals surface area contributed by atoms with Crippen molar-refractivity contribution in [3.05, 3.63) is 54.0 Å². The van der Waals surface area contributed by atoms with Crippen molar-refractivity contribution < 1.29 is 14.0 Å². The van der Waals surface area contributed by atoms with Gasteiger partial charge in [-0.25, -0.2) is 0 Å². The van der Waals surface area contributed by atoms with Gasteiger partial charge < -0.3 is 15.1 Å². The molecule has 0 fully saturated rings. The van der Waals surface area contributed by atoms with Crippen LogP contribution in [0.4, 0.5) is 5.69 Å². The largest absolute Gasteiger partial charge is 0.469 e. The summed E-state index contributed by atoms with van der Waals surface area (Å²) < 4.78 is 5.25. The molecule has 1 aromatic heterocycles. The topological polar surface area (TPSA) is 71.3 Å². The first-order valence-electron chi connectivity index (χ1n) is 7.71. The molecule has 0 spiro atoms. The first-order valence-corrected chi connectivity index (χ1v) is 7.71. The van der Waals surface area contributed by atoms with Crippen LogP contribution >= 0.6 is 0 Å². The zero-order valence-electron chi connectivity index (χ0n) is 13.5. The third-order valence-electron chi connectivity index (χ3n) is 3.47. The molecular formula is C18H22N2O3. The average Bonchev–Trinajstić information content (AvgIpc) is 3.00. The van der Waals surface area contributed by atoms with Crippen LogP contribution in [-0.2, 0) is 16.0 Å². The van der Waals surface area contributed by atoms with Crippen LogP contribution in [0, 0.1) is 6.92 Å². The standard InChI is InChI=1S/C18H22N2O3/c1-13-5-8-15(9-6-13)20-18(22)12-17(21)19-14(2)7-10-16-4-3-11-23-16/h3-6,8-9,11,14H,7,10,12H2,1-2H3,(H,19,21)(H,20,22). The Morgan fingerprint density at radius 2 is 1.87 bits per heavy atom. The minimum Gasteiger partial charge on any atom is -0.469 e. The monoisotopic (exact) mass is 314 g/mol. The van der Waals surface area contributed by atoms with E-state index < -0.39 is 0 Å². The molecule has 5 heteroatoms. The van der Waals surface area contributed by atoms with E-state index in [0.717, 1.165) is 24.2 Å². The molecule has 0 saturated heterocycles. The smallest absolute Gasteiger partial charge is 0.233 e. The van der Waals surface area contributed by atoms with Gasteiger partial charge in [0.25, 0.3) is 0 Å². The molecule has 1 unspecified atom stereocenters. The Labute approximate surface area is 136 Å². The SMILES string of the molecule is Cc1ccc(NC(=O)CC(=O)NC(C)CCc2ccco2)cc1. The lowest BCUT2D eigenvalue weighted by Crippen LogP contribution is -2.35. The maximum Gasteiger partial charge on any atom is 0.233 e. The molecule has 1 aromatic carbocycles. The van der Waals surface area contributed by atoms with Gasteiger partial charge >= 0.3 is 0 Å². The van der Waals surface area contributed by atoms with Crippen molar-refractivity contribution >= 4 is 17.5 Å². The Balaban J connectivity index is 1.70. The Kier molecular flexibility index (Phi) is 5.97. The van der Waals surface area contributed by atoms with Gasteiger partial charge in [-0.3, -0.25) is 9.59 Å². The van der Waals surface area contributed by atoms with Crippen molar-refractivity contribution in [3.8, 4) is 0 Å². The maximum absolute atomic E-state index is 11.9. The van der Waals surface area contributed by atoms with Crippen molar-refractivity contribution in [3.63, 3.8) is 0 Å². The zero-order valence-corrected chi connectivity index (χ0v) is 13.5. The lowest BCUT2D eigenvalue weighted by atomic mass is 10.1. The fraction of sp³-hybridized carbons (Fsp3) is 0.333. The van der Waals surface area contributed by atoms with Crippen LogP contribution in [0.2, 0.25) is 0 Å². The molecule has 1 atom stereocenters. The van der Waals surface area contributed by atoms with E-state index in [1.54, 1.807) is 6.26 Å². The highest BCUT2D eigenvalue weighted by Gasteiger charge is 2.12. The van der Waals surface area contributed by atoms with Crippen LogP contribution in [0.25, 0.3) is 0 Å². The molecule has 1 heterocycles. The summed E-state index contributed by atoms with van der Waals surface area (Å²) in [5, 5.41) is 5.54. The van der Waals surface area contributed by atoms with Crippen LogP contribution in [-0.4, -0.2) is 17.9 Å². The molecule has 0 aliphatic carbocycles. The van der Waals surface area contributed by atoms with Crippen LogP contribution in [0.15, 0.2) is 47.1 Å². The molecule has 2 rings (SSSR count). The van der Waals surface area contributed by atoms with Crippen LogP contribution in [0.5, 0.6) is 0 Å². The fourth-order valence-electron chi connectivity index (χ4n) is 2.20. The van der Waals surface area contributed by atoms with Crippen molar-refractivity contribution in [2.75, 3.05) is 5.32 Å². The van der Waals surface area contributed by atoms with E-state index >= 15 is 0 Å². The molecule has 0 aliphatic heterocycles. The van der Waals surface area contributed by atoms with Gasteiger partial charge in [-0.1, -0.05) is 17.7 Å². The lowest BCUT2D eigenvalue weighted by Gasteiger charge is -2.13. The summed E-state index contributed by atoms with van der Waals surface area (Å²) in [6.45, 7) is 3.89. The van der Waals surface area contributed by atoms with Crippen molar-refractivity contribution in [1.82, 2.24) is 5.32 Å². The number of furan rings is 1. The van der Waals surface area contributed by atoms with E-state index in [4.69, 9.17) is 4.42 Å². The van der Waals surface area contributed by atoms with Crippen LogP contribution in [0.3, 0.4) is 0 Å². The highest BCUT2D eigenvalue weighted by Crippen LogP contribution is 2.09. The molecule has 2 N–H and O–H groups in total. The Morgan fingerprint density at radius 1 is 1.13 bits per heavy atom. The second-order valence-electron chi connectivity index (χ2n) is 5.68. The number of carbonyl (C=O) groups excluding carboxylic acids is 2. The number of amides is 2. The predicted molar refractivity (Wildman–Crippen MR) is 89.1 cm³/mol. The van der Waals surface area contributed by atoms with Gasteiger partial charge in [-0.05, 0) is 44.5 Å². The summed E-state index contributed by atoms with van der Waals surface area (Å²) in [6, 6.07) is 11.2. The summed E-state index contributed by atoms with van der Waals surface area (Å²) in [7, 11) is 0. The van der Waals surface area contributed by atoms with Gasteiger partial charge in [-0.15, -0.1) is 0 Å². The summed E-state index contributed by atoms with van der Waals surface area (Å²) in [6.07, 6.45) is 2.97. The van der Waals surface area contributed by atoms with Crippen molar-refractivity contribution in [1.29, 1.82) is 0 Å². The molecule has 0 bridgehead atoms. The first kappa shape index (κ1) is 16.8. The number of anilines is 1. The summed E-state index contributed by atoms with van der Waals surface area (Å²) in [5.41, 5.74) is 1.81. The van der Waals surface area contributed by atoms with Gasteiger partial charge in [0.2, 0.25) is 11.8 Å².